The summed E-state index contributed by atoms with van der Waals surface area (Å²) < 4.78 is 12.3. The lowest BCUT2D eigenvalue weighted by Crippen LogP contribution is -2.38. The van der Waals surface area contributed by atoms with Gasteiger partial charge in [0.2, 0.25) is 5.79 Å². The van der Waals surface area contributed by atoms with Crippen molar-refractivity contribution in [3.05, 3.63) is 36.4 Å². The van der Waals surface area contributed by atoms with Crippen LogP contribution in [0, 0.1) is 0 Å². The number of ether oxygens (including phenoxy) is 2. The van der Waals surface area contributed by atoms with E-state index >= 15 is 0 Å². The third kappa shape index (κ3) is 3.86. The van der Waals surface area contributed by atoms with Gasteiger partial charge in [0.05, 0.1) is 6.10 Å². The third-order valence-corrected chi connectivity index (χ3v) is 4.04. The molecule has 1 saturated carbocycles. The molecule has 1 aromatic rings. The molecular formula is C18H26O2. The van der Waals surface area contributed by atoms with E-state index in [1.807, 2.05) is 38.1 Å². The first kappa shape index (κ1) is 15.1. The van der Waals surface area contributed by atoms with E-state index in [0.717, 1.165) is 36.1 Å². The Labute approximate surface area is 122 Å². The lowest BCUT2D eigenvalue weighted by molar-refractivity contribution is -0.199. The van der Waals surface area contributed by atoms with Gasteiger partial charge in [0, 0.05) is 13.3 Å². The highest BCUT2D eigenvalue weighted by Crippen LogP contribution is 2.30. The van der Waals surface area contributed by atoms with Gasteiger partial charge in [-0.1, -0.05) is 44.1 Å². The zero-order valence-corrected chi connectivity index (χ0v) is 12.9. The highest BCUT2D eigenvalue weighted by molar-refractivity contribution is 5.61. The molecule has 0 N–H and O–H groups in total. The quantitative estimate of drug-likeness (QED) is 0.665. The summed E-state index contributed by atoms with van der Waals surface area (Å²) in [5.74, 6) is 0.331. The highest BCUT2D eigenvalue weighted by Gasteiger charge is 2.30. The summed E-state index contributed by atoms with van der Waals surface area (Å²) in [7, 11) is 0. The minimum atomic E-state index is -0.528. The summed E-state index contributed by atoms with van der Waals surface area (Å²) in [6.45, 7) is 10.1. The average Bonchev–Trinajstić information content (AvgIpc) is 2.92. The van der Waals surface area contributed by atoms with E-state index in [-0.39, 0.29) is 0 Å². The topological polar surface area (TPSA) is 18.5 Å². The summed E-state index contributed by atoms with van der Waals surface area (Å²) in [6, 6.07) is 8.08. The van der Waals surface area contributed by atoms with Gasteiger partial charge in [-0.25, -0.2) is 0 Å². The molecule has 2 heteroatoms. The van der Waals surface area contributed by atoms with Gasteiger partial charge in [-0.05, 0) is 37.5 Å². The molecule has 1 aromatic carbocycles. The molecule has 2 rings (SSSR count). The lowest BCUT2D eigenvalue weighted by atomic mass is 10.1. The molecule has 1 atom stereocenters. The smallest absolute Gasteiger partial charge is 0.207 e. The standard InChI is InChI=1S/C18H26O2/c1-5-18(4,19-16-8-6-7-9-16)20-17-12-10-15(11-13-17)14(2)3/h10-13,16H,2,5-9H2,1,3-4H3. The number of hydrogen-bond acceptors (Lipinski definition) is 2. The third-order valence-electron chi connectivity index (χ3n) is 4.04. The van der Waals surface area contributed by atoms with Crippen molar-refractivity contribution in [1.82, 2.24) is 0 Å². The first-order chi connectivity index (χ1) is 9.52. The summed E-state index contributed by atoms with van der Waals surface area (Å²) in [4.78, 5) is 0. The van der Waals surface area contributed by atoms with Crippen LogP contribution in [0.25, 0.3) is 5.57 Å². The SMILES string of the molecule is C=C(C)c1ccc(OC(C)(CC)OC2CCCC2)cc1. The van der Waals surface area contributed by atoms with E-state index < -0.39 is 5.79 Å². The van der Waals surface area contributed by atoms with Crippen LogP contribution in [0.4, 0.5) is 0 Å². The summed E-state index contributed by atoms with van der Waals surface area (Å²) >= 11 is 0. The Morgan fingerprint density at radius 1 is 1.25 bits per heavy atom. The first-order valence-electron chi connectivity index (χ1n) is 7.65. The minimum absolute atomic E-state index is 0.356. The number of rotatable bonds is 6. The second-order valence-corrected chi connectivity index (χ2v) is 5.92. The fourth-order valence-electron chi connectivity index (χ4n) is 2.60. The fourth-order valence-corrected chi connectivity index (χ4v) is 2.60. The van der Waals surface area contributed by atoms with Crippen LogP contribution in [0.15, 0.2) is 30.8 Å². The minimum Gasteiger partial charge on any atom is -0.463 e. The molecular weight excluding hydrogens is 248 g/mol. The number of hydrogen-bond donors (Lipinski definition) is 0. The van der Waals surface area contributed by atoms with Crippen LogP contribution in [0.2, 0.25) is 0 Å². The molecule has 1 fully saturated rings. The van der Waals surface area contributed by atoms with Gasteiger partial charge >= 0.3 is 0 Å². The van der Waals surface area contributed by atoms with Crippen LogP contribution >= 0.6 is 0 Å². The Morgan fingerprint density at radius 3 is 2.35 bits per heavy atom. The van der Waals surface area contributed by atoms with E-state index in [2.05, 4.69) is 13.5 Å². The van der Waals surface area contributed by atoms with Crippen molar-refractivity contribution in [1.29, 1.82) is 0 Å². The van der Waals surface area contributed by atoms with Crippen molar-refractivity contribution in [2.45, 2.75) is 64.8 Å². The molecule has 0 bridgehead atoms. The monoisotopic (exact) mass is 274 g/mol. The van der Waals surface area contributed by atoms with Crippen molar-refractivity contribution in [2.75, 3.05) is 0 Å². The Kier molecular flexibility index (Phi) is 4.87. The molecule has 0 heterocycles. The van der Waals surface area contributed by atoms with Crippen LogP contribution in [-0.2, 0) is 4.74 Å². The predicted octanol–water partition coefficient (Wildman–Crippen LogP) is 5.18. The van der Waals surface area contributed by atoms with Crippen LogP contribution in [0.3, 0.4) is 0 Å². The van der Waals surface area contributed by atoms with Gasteiger partial charge in [-0.2, -0.15) is 0 Å². The molecule has 1 aliphatic carbocycles. The second-order valence-electron chi connectivity index (χ2n) is 5.92. The number of benzene rings is 1. The molecule has 0 saturated heterocycles. The molecule has 110 valence electrons. The molecule has 0 amide bonds. The zero-order valence-electron chi connectivity index (χ0n) is 12.9. The van der Waals surface area contributed by atoms with Crippen LogP contribution in [-0.4, -0.2) is 11.9 Å². The highest BCUT2D eigenvalue weighted by atomic mass is 16.7. The molecule has 0 aliphatic heterocycles. The lowest BCUT2D eigenvalue weighted by Gasteiger charge is -2.32. The summed E-state index contributed by atoms with van der Waals surface area (Å²) in [6.07, 6.45) is 6.07. The van der Waals surface area contributed by atoms with E-state index in [1.165, 1.54) is 12.8 Å². The normalized spacial score (nSPS) is 18.8. The fraction of sp³-hybridized carbons (Fsp3) is 0.556. The Bertz CT molecular complexity index is 443. The van der Waals surface area contributed by atoms with Crippen molar-refractivity contribution in [3.63, 3.8) is 0 Å². The first-order valence-corrected chi connectivity index (χ1v) is 7.65. The zero-order chi connectivity index (χ0) is 14.6. The largest absolute Gasteiger partial charge is 0.463 e. The van der Waals surface area contributed by atoms with Crippen molar-refractivity contribution >= 4 is 5.57 Å². The maximum atomic E-state index is 6.19. The van der Waals surface area contributed by atoms with Crippen molar-refractivity contribution in [2.24, 2.45) is 0 Å². The second kappa shape index (κ2) is 6.45. The van der Waals surface area contributed by atoms with E-state index in [9.17, 15) is 0 Å². The maximum absolute atomic E-state index is 6.19. The predicted molar refractivity (Wildman–Crippen MR) is 83.8 cm³/mol. The van der Waals surface area contributed by atoms with Gasteiger partial charge < -0.3 is 9.47 Å². The Balaban J connectivity index is 2.02. The molecule has 1 unspecified atom stereocenters. The van der Waals surface area contributed by atoms with Crippen molar-refractivity contribution in [3.8, 4) is 5.75 Å². The van der Waals surface area contributed by atoms with E-state index in [4.69, 9.17) is 9.47 Å². The van der Waals surface area contributed by atoms with Gasteiger partial charge in [0.15, 0.2) is 0 Å². The van der Waals surface area contributed by atoms with Crippen LogP contribution in [0.5, 0.6) is 5.75 Å². The average molecular weight is 274 g/mol. The van der Waals surface area contributed by atoms with Gasteiger partial charge in [0.1, 0.15) is 5.75 Å². The molecule has 0 radical (unpaired) electrons. The van der Waals surface area contributed by atoms with Crippen LogP contribution < -0.4 is 4.74 Å². The van der Waals surface area contributed by atoms with Gasteiger partial charge in [0.25, 0.3) is 0 Å². The summed E-state index contributed by atoms with van der Waals surface area (Å²) in [5.41, 5.74) is 2.21. The maximum Gasteiger partial charge on any atom is 0.207 e. The Morgan fingerprint density at radius 2 is 1.85 bits per heavy atom. The molecule has 2 nitrogen and oxygen atoms in total. The molecule has 0 spiro atoms. The molecule has 20 heavy (non-hydrogen) atoms. The van der Waals surface area contributed by atoms with Gasteiger partial charge in [-0.15, -0.1) is 0 Å². The van der Waals surface area contributed by atoms with Gasteiger partial charge in [-0.3, -0.25) is 0 Å². The molecule has 0 aromatic heterocycles. The van der Waals surface area contributed by atoms with Crippen molar-refractivity contribution < 1.29 is 9.47 Å². The number of allylic oxidation sites excluding steroid dienone is 1. The van der Waals surface area contributed by atoms with Crippen LogP contribution in [0.1, 0.15) is 58.4 Å². The Hall–Kier alpha value is -1.28. The van der Waals surface area contributed by atoms with E-state index in [1.54, 1.807) is 0 Å². The summed E-state index contributed by atoms with van der Waals surface area (Å²) in [5, 5.41) is 0. The molecule has 1 aliphatic rings. The van der Waals surface area contributed by atoms with E-state index in [0.29, 0.717) is 6.10 Å².